The highest BCUT2D eigenvalue weighted by molar-refractivity contribution is 7.89. The van der Waals surface area contributed by atoms with E-state index in [2.05, 4.69) is 15.0 Å². The van der Waals surface area contributed by atoms with Crippen molar-refractivity contribution in [3.05, 3.63) is 47.7 Å². The van der Waals surface area contributed by atoms with E-state index in [-0.39, 0.29) is 29.0 Å². The molecule has 0 radical (unpaired) electrons. The maximum atomic E-state index is 13.4. The predicted octanol–water partition coefficient (Wildman–Crippen LogP) is 1.48. The lowest BCUT2D eigenvalue weighted by atomic mass is 9.88. The number of halogens is 1. The number of nitrogens with one attached hydrogen (secondary N) is 2. The normalized spacial score (nSPS) is 20.5. The van der Waals surface area contributed by atoms with Gasteiger partial charge in [0.1, 0.15) is 28.9 Å². The first-order chi connectivity index (χ1) is 19.4. The lowest BCUT2D eigenvalue weighted by Gasteiger charge is -2.38. The van der Waals surface area contributed by atoms with E-state index in [1.54, 1.807) is 36.0 Å². The Balaban J connectivity index is 1.10. The number of sulfonamides is 2. The Labute approximate surface area is 244 Å². The molecule has 4 heterocycles. The number of hydrogen-bond donors (Lipinski definition) is 3. The van der Waals surface area contributed by atoms with Crippen molar-refractivity contribution in [2.75, 3.05) is 39.9 Å². The molecule has 0 bridgehead atoms. The van der Waals surface area contributed by atoms with Gasteiger partial charge in [0.25, 0.3) is 0 Å². The fraction of sp³-hybridized carbons (Fsp3) is 0.500. The average Bonchev–Trinajstić information content (AvgIpc) is 3.49. The van der Waals surface area contributed by atoms with Crippen molar-refractivity contribution in [2.24, 2.45) is 7.05 Å². The van der Waals surface area contributed by atoms with E-state index in [9.17, 15) is 21.9 Å². The minimum Gasteiger partial charge on any atom is -0.491 e. The number of aliphatic hydroxyl groups is 1. The van der Waals surface area contributed by atoms with Gasteiger partial charge in [-0.25, -0.2) is 21.6 Å². The van der Waals surface area contributed by atoms with Crippen molar-refractivity contribution >= 4 is 42.7 Å². The Morgan fingerprint density at radius 2 is 1.98 bits per heavy atom. The monoisotopic (exact) mass is 627 g/mol. The van der Waals surface area contributed by atoms with Crippen LogP contribution in [0.3, 0.4) is 0 Å². The van der Waals surface area contributed by atoms with Crippen LogP contribution in [0.2, 0.25) is 5.02 Å². The lowest BCUT2D eigenvalue weighted by Crippen LogP contribution is -2.47. The van der Waals surface area contributed by atoms with Crippen LogP contribution in [0.25, 0.3) is 11.0 Å². The molecule has 12 nitrogen and oxygen atoms in total. The van der Waals surface area contributed by atoms with Gasteiger partial charge in [0.15, 0.2) is 0 Å². The summed E-state index contributed by atoms with van der Waals surface area (Å²) < 4.78 is 67.9. The van der Waals surface area contributed by atoms with Crippen molar-refractivity contribution in [1.82, 2.24) is 23.9 Å². The number of pyridine rings is 1. The van der Waals surface area contributed by atoms with Gasteiger partial charge < -0.3 is 24.5 Å². The largest absolute Gasteiger partial charge is 0.491 e. The fourth-order valence-electron chi connectivity index (χ4n) is 5.34. The van der Waals surface area contributed by atoms with Crippen LogP contribution in [0, 0.1) is 0 Å². The quantitative estimate of drug-likeness (QED) is 0.303. The molecule has 2 aliphatic rings. The molecule has 1 spiro atoms. The molecular weight excluding hydrogens is 594 g/mol. The number of aryl methyl sites for hydroxylation is 1. The summed E-state index contributed by atoms with van der Waals surface area (Å²) >= 11 is 6.18. The molecule has 3 N–H and O–H groups in total. The number of hydrogen-bond acceptors (Lipinski definition) is 9. The Morgan fingerprint density at radius 1 is 1.22 bits per heavy atom. The maximum Gasteiger partial charge on any atom is 0.244 e. The fourth-order valence-corrected chi connectivity index (χ4v) is 7.80. The van der Waals surface area contributed by atoms with Gasteiger partial charge in [-0.05, 0) is 44.5 Å². The molecule has 224 valence electrons. The van der Waals surface area contributed by atoms with Crippen molar-refractivity contribution in [3.63, 3.8) is 0 Å². The summed E-state index contributed by atoms with van der Waals surface area (Å²) in [5, 5.41) is 14.2. The number of ether oxygens (including phenoxy) is 2. The number of aliphatic hydroxyl groups excluding tert-OH is 1. The molecule has 0 amide bonds. The second kappa shape index (κ2) is 11.8. The lowest BCUT2D eigenvalue weighted by molar-refractivity contribution is -0.0312. The number of piperidine rings is 1. The van der Waals surface area contributed by atoms with Crippen molar-refractivity contribution in [1.29, 1.82) is 0 Å². The van der Waals surface area contributed by atoms with E-state index < -0.39 is 31.8 Å². The van der Waals surface area contributed by atoms with Crippen LogP contribution in [-0.2, 0) is 31.8 Å². The highest BCUT2D eigenvalue weighted by Crippen LogP contribution is 2.37. The summed E-state index contributed by atoms with van der Waals surface area (Å²) in [7, 11) is -4.19. The molecule has 2 aromatic heterocycles. The molecule has 0 aliphatic carbocycles. The summed E-state index contributed by atoms with van der Waals surface area (Å²) in [6.45, 7) is 1.37. The van der Waals surface area contributed by atoms with Crippen LogP contribution >= 0.6 is 11.6 Å². The summed E-state index contributed by atoms with van der Waals surface area (Å²) in [5.41, 5.74) is 0.799. The number of fused-ring (bicyclic) bond motifs is 1. The van der Waals surface area contributed by atoms with E-state index in [0.29, 0.717) is 60.8 Å². The smallest absolute Gasteiger partial charge is 0.244 e. The first-order valence-electron chi connectivity index (χ1n) is 13.2. The van der Waals surface area contributed by atoms with Crippen LogP contribution in [0.5, 0.6) is 5.75 Å². The maximum absolute atomic E-state index is 13.4. The van der Waals surface area contributed by atoms with Crippen LogP contribution in [-0.4, -0.2) is 93.4 Å². The van der Waals surface area contributed by atoms with E-state index >= 15 is 0 Å². The van der Waals surface area contributed by atoms with Gasteiger partial charge in [0.05, 0.1) is 27.6 Å². The zero-order chi connectivity index (χ0) is 29.4. The summed E-state index contributed by atoms with van der Waals surface area (Å²) in [6, 6.07) is 7.68. The predicted molar refractivity (Wildman–Crippen MR) is 153 cm³/mol. The molecule has 2 fully saturated rings. The van der Waals surface area contributed by atoms with E-state index in [0.717, 1.165) is 0 Å². The molecule has 3 aromatic rings. The van der Waals surface area contributed by atoms with E-state index in [1.807, 2.05) is 0 Å². The summed E-state index contributed by atoms with van der Waals surface area (Å²) in [5.74, 6) is 0.341. The van der Waals surface area contributed by atoms with Gasteiger partial charge in [-0.15, -0.1) is 0 Å². The van der Waals surface area contributed by atoms with Gasteiger partial charge in [-0.2, -0.15) is 4.31 Å². The number of rotatable bonds is 10. The van der Waals surface area contributed by atoms with Crippen molar-refractivity contribution < 1.29 is 31.4 Å². The number of benzene rings is 1. The van der Waals surface area contributed by atoms with Gasteiger partial charge in [0, 0.05) is 51.2 Å². The first kappa shape index (κ1) is 30.2. The number of aromatic nitrogens is 2. The molecule has 0 unspecified atom stereocenters. The minimum atomic E-state index is -3.72. The van der Waals surface area contributed by atoms with Crippen molar-refractivity contribution in [3.8, 4) is 5.75 Å². The Bertz CT molecular complexity index is 1620. The molecular formula is C26H34ClN5O7S2. The third-order valence-corrected chi connectivity index (χ3v) is 11.3. The SMILES string of the molecule is CNS(=O)(=O)c1cccc(OC[C@@H](O)CN[C@H]2COC3(CCN(S(=O)(=O)c4cnc5c(Cl)cn(C)c5c4)CC3)C2)c1. The van der Waals surface area contributed by atoms with Gasteiger partial charge in [0.2, 0.25) is 20.0 Å². The third-order valence-electron chi connectivity index (χ3n) is 7.71. The second-order valence-corrected chi connectivity index (χ2v) is 14.7. The van der Waals surface area contributed by atoms with Crippen LogP contribution in [0.4, 0.5) is 0 Å². The van der Waals surface area contributed by atoms with Crippen LogP contribution in [0.15, 0.2) is 52.5 Å². The van der Waals surface area contributed by atoms with Crippen molar-refractivity contribution in [2.45, 2.75) is 46.8 Å². The molecule has 2 aliphatic heterocycles. The van der Waals surface area contributed by atoms with Gasteiger partial charge in [-0.3, -0.25) is 4.98 Å². The number of nitrogens with zero attached hydrogens (tertiary/aromatic N) is 3. The molecule has 15 heteroatoms. The Morgan fingerprint density at radius 3 is 2.71 bits per heavy atom. The van der Waals surface area contributed by atoms with Crippen LogP contribution in [0.1, 0.15) is 19.3 Å². The minimum absolute atomic E-state index is 0.00519. The molecule has 2 saturated heterocycles. The van der Waals surface area contributed by atoms with Gasteiger partial charge in [-0.1, -0.05) is 17.7 Å². The Kier molecular flexibility index (Phi) is 8.66. The molecule has 2 atom stereocenters. The third kappa shape index (κ3) is 6.39. The first-order valence-corrected chi connectivity index (χ1v) is 16.6. The topological polar surface area (TPSA) is 152 Å². The molecule has 5 rings (SSSR count). The Hall–Kier alpha value is -2.30. The van der Waals surface area contributed by atoms with Crippen LogP contribution < -0.4 is 14.8 Å². The average molecular weight is 628 g/mol. The zero-order valence-corrected chi connectivity index (χ0v) is 25.2. The second-order valence-electron chi connectivity index (χ2n) is 10.5. The highest BCUT2D eigenvalue weighted by Gasteiger charge is 2.44. The van der Waals surface area contributed by atoms with Gasteiger partial charge >= 0.3 is 0 Å². The standard InChI is InChI=1S/C26H34ClN5O7S2/c1-28-40(34,35)21-5-3-4-20(10-21)38-17-19(33)13-29-18-12-26(39-16-18)6-8-32(9-7-26)41(36,37)22-11-24-25(30-14-22)23(27)15-31(24)2/h3-5,10-11,14-15,18-19,28-29,33H,6-9,12-13,16-17H2,1-2H3/t18-,19+/m1/s1. The van der Waals surface area contributed by atoms with E-state index in [1.165, 1.54) is 29.7 Å². The van der Waals surface area contributed by atoms with E-state index in [4.69, 9.17) is 21.1 Å². The zero-order valence-electron chi connectivity index (χ0n) is 22.8. The highest BCUT2D eigenvalue weighted by atomic mass is 35.5. The summed E-state index contributed by atoms with van der Waals surface area (Å²) in [4.78, 5) is 4.49. The summed E-state index contributed by atoms with van der Waals surface area (Å²) in [6.07, 6.45) is 4.06. The molecule has 0 saturated carbocycles. The molecule has 1 aromatic carbocycles. The molecule has 41 heavy (non-hydrogen) atoms.